The zero-order valence-electron chi connectivity index (χ0n) is 8.39. The van der Waals surface area contributed by atoms with Crippen LogP contribution in [0.5, 0.6) is 0 Å². The third kappa shape index (κ3) is 6.92. The molecular formula is C10H14N2O2. The number of hydrogen-bond donors (Lipinski definition) is 2. The van der Waals surface area contributed by atoms with Gasteiger partial charge in [0.2, 0.25) is 5.91 Å². The van der Waals surface area contributed by atoms with Gasteiger partial charge >= 0.3 is 0 Å². The summed E-state index contributed by atoms with van der Waals surface area (Å²) in [4.78, 5) is 21.5. The van der Waals surface area contributed by atoms with E-state index in [0.29, 0.717) is 13.0 Å². The Morgan fingerprint density at radius 2 is 2.14 bits per heavy atom. The molecule has 0 radical (unpaired) electrons. The highest BCUT2D eigenvalue weighted by atomic mass is 16.2. The van der Waals surface area contributed by atoms with Crippen LogP contribution in [0.1, 0.15) is 13.3 Å². The molecule has 4 heteroatoms. The third-order valence-corrected chi connectivity index (χ3v) is 1.35. The summed E-state index contributed by atoms with van der Waals surface area (Å²) in [6.45, 7) is 2.09. The number of likely N-dealkylation sites (N-methyl/N-ethyl adjacent to an activating group) is 1. The molecule has 14 heavy (non-hydrogen) atoms. The number of carbonyl (C=O) groups is 2. The lowest BCUT2D eigenvalue weighted by Gasteiger charge is -1.95. The largest absolute Gasteiger partial charge is 0.356 e. The maximum atomic E-state index is 10.8. The molecule has 2 amide bonds. The summed E-state index contributed by atoms with van der Waals surface area (Å²) in [6, 6.07) is 0. The Bertz CT molecular complexity index is 284. The summed E-state index contributed by atoms with van der Waals surface area (Å²) in [7, 11) is 1.56. The van der Waals surface area contributed by atoms with Crippen molar-refractivity contribution in [2.75, 3.05) is 13.6 Å². The average molecular weight is 194 g/mol. The molecule has 0 rings (SSSR count). The highest BCUT2D eigenvalue weighted by Gasteiger charge is 1.91. The SMILES string of the molecule is CC#CC(=O)NCC/C=C/C(=O)NC. The molecule has 0 fully saturated rings. The lowest BCUT2D eigenvalue weighted by Crippen LogP contribution is -2.22. The third-order valence-electron chi connectivity index (χ3n) is 1.35. The minimum Gasteiger partial charge on any atom is -0.356 e. The Morgan fingerprint density at radius 3 is 2.71 bits per heavy atom. The van der Waals surface area contributed by atoms with Crippen LogP contribution in [-0.2, 0) is 9.59 Å². The molecule has 0 atom stereocenters. The molecular weight excluding hydrogens is 180 g/mol. The maximum absolute atomic E-state index is 10.8. The van der Waals surface area contributed by atoms with Crippen molar-refractivity contribution >= 4 is 11.8 Å². The Hall–Kier alpha value is -1.76. The molecule has 0 bridgehead atoms. The van der Waals surface area contributed by atoms with Gasteiger partial charge in [-0.15, -0.1) is 0 Å². The average Bonchev–Trinajstić information content (AvgIpc) is 2.17. The van der Waals surface area contributed by atoms with Crippen LogP contribution in [0.4, 0.5) is 0 Å². The van der Waals surface area contributed by atoms with Gasteiger partial charge in [-0.2, -0.15) is 0 Å². The van der Waals surface area contributed by atoms with Gasteiger partial charge < -0.3 is 10.6 Å². The molecule has 0 aromatic rings. The number of hydrogen-bond acceptors (Lipinski definition) is 2. The maximum Gasteiger partial charge on any atom is 0.295 e. The van der Waals surface area contributed by atoms with Crippen molar-refractivity contribution in [3.05, 3.63) is 12.2 Å². The van der Waals surface area contributed by atoms with E-state index in [1.807, 2.05) is 0 Å². The summed E-state index contributed by atoms with van der Waals surface area (Å²) in [5, 5.41) is 5.03. The van der Waals surface area contributed by atoms with Gasteiger partial charge in [-0.1, -0.05) is 12.0 Å². The molecule has 0 spiro atoms. The molecule has 4 nitrogen and oxygen atoms in total. The highest BCUT2D eigenvalue weighted by Crippen LogP contribution is 1.80. The molecule has 2 N–H and O–H groups in total. The molecule has 0 aliphatic rings. The standard InChI is InChI=1S/C10H14N2O2/c1-3-6-10(14)12-8-5-4-7-9(13)11-2/h4,7H,5,8H2,1-2H3,(H,11,13)(H,12,14)/b7-4+. The predicted octanol–water partition coefficient (Wildman–Crippen LogP) is -0.182. The molecule has 0 heterocycles. The van der Waals surface area contributed by atoms with Gasteiger partial charge in [0.15, 0.2) is 0 Å². The molecule has 76 valence electrons. The molecule has 0 aromatic carbocycles. The normalized spacial score (nSPS) is 9.00. The molecule has 0 unspecified atom stereocenters. The minimum atomic E-state index is -0.291. The highest BCUT2D eigenvalue weighted by molar-refractivity contribution is 5.93. The van der Waals surface area contributed by atoms with Gasteiger partial charge in [-0.25, -0.2) is 0 Å². The minimum absolute atomic E-state index is 0.148. The van der Waals surface area contributed by atoms with E-state index in [9.17, 15) is 9.59 Å². The summed E-state index contributed by atoms with van der Waals surface area (Å²) >= 11 is 0. The lowest BCUT2D eigenvalue weighted by molar-refractivity contribution is -0.116. The number of nitrogens with one attached hydrogen (secondary N) is 2. The summed E-state index contributed by atoms with van der Waals surface area (Å²) < 4.78 is 0. The second-order valence-electron chi connectivity index (χ2n) is 2.44. The predicted molar refractivity (Wildman–Crippen MR) is 54.3 cm³/mol. The molecule has 0 saturated heterocycles. The Labute approximate surface area is 83.8 Å². The van der Waals surface area contributed by atoms with Crippen molar-refractivity contribution in [2.24, 2.45) is 0 Å². The molecule has 0 saturated carbocycles. The first-order chi connectivity index (χ1) is 6.70. The van der Waals surface area contributed by atoms with Crippen LogP contribution in [0.2, 0.25) is 0 Å². The van der Waals surface area contributed by atoms with Crippen LogP contribution in [0.3, 0.4) is 0 Å². The van der Waals surface area contributed by atoms with Crippen LogP contribution >= 0.6 is 0 Å². The van der Waals surface area contributed by atoms with Crippen molar-refractivity contribution in [2.45, 2.75) is 13.3 Å². The number of amides is 2. The number of carbonyl (C=O) groups excluding carboxylic acids is 2. The smallest absolute Gasteiger partial charge is 0.295 e. The van der Waals surface area contributed by atoms with Crippen LogP contribution < -0.4 is 10.6 Å². The topological polar surface area (TPSA) is 58.2 Å². The second kappa shape index (κ2) is 7.87. The Morgan fingerprint density at radius 1 is 1.43 bits per heavy atom. The summed E-state index contributed by atoms with van der Waals surface area (Å²) in [5.74, 6) is 4.41. The Balaban J connectivity index is 3.54. The zero-order valence-corrected chi connectivity index (χ0v) is 8.39. The van der Waals surface area contributed by atoms with Gasteiger partial charge in [0.1, 0.15) is 0 Å². The van der Waals surface area contributed by atoms with E-state index in [1.165, 1.54) is 6.08 Å². The molecule has 0 aliphatic heterocycles. The van der Waals surface area contributed by atoms with Crippen LogP contribution in [0, 0.1) is 11.8 Å². The fourth-order valence-electron chi connectivity index (χ4n) is 0.700. The molecule has 0 aromatic heterocycles. The van der Waals surface area contributed by atoms with Gasteiger partial charge in [-0.05, 0) is 25.3 Å². The van der Waals surface area contributed by atoms with Gasteiger partial charge in [0.25, 0.3) is 5.91 Å². The van der Waals surface area contributed by atoms with Gasteiger partial charge in [-0.3, -0.25) is 9.59 Å². The van der Waals surface area contributed by atoms with Crippen molar-refractivity contribution in [1.82, 2.24) is 10.6 Å². The fraction of sp³-hybridized carbons (Fsp3) is 0.400. The van der Waals surface area contributed by atoms with Crippen LogP contribution in [0.25, 0.3) is 0 Å². The van der Waals surface area contributed by atoms with Crippen molar-refractivity contribution in [3.63, 3.8) is 0 Å². The quantitative estimate of drug-likeness (QED) is 0.370. The second-order valence-corrected chi connectivity index (χ2v) is 2.44. The Kier molecular flexibility index (Phi) is 6.88. The van der Waals surface area contributed by atoms with E-state index in [2.05, 4.69) is 22.5 Å². The summed E-state index contributed by atoms with van der Waals surface area (Å²) in [5.41, 5.74) is 0. The zero-order chi connectivity index (χ0) is 10.8. The number of rotatable bonds is 4. The van der Waals surface area contributed by atoms with Crippen molar-refractivity contribution in [3.8, 4) is 11.8 Å². The van der Waals surface area contributed by atoms with E-state index in [0.717, 1.165) is 0 Å². The first-order valence-corrected chi connectivity index (χ1v) is 4.29. The first kappa shape index (κ1) is 12.2. The van der Waals surface area contributed by atoms with Gasteiger partial charge in [0.05, 0.1) is 0 Å². The van der Waals surface area contributed by atoms with E-state index >= 15 is 0 Å². The molecule has 0 aliphatic carbocycles. The van der Waals surface area contributed by atoms with E-state index in [4.69, 9.17) is 0 Å². The first-order valence-electron chi connectivity index (χ1n) is 4.29. The fourth-order valence-corrected chi connectivity index (χ4v) is 0.700. The van der Waals surface area contributed by atoms with Crippen molar-refractivity contribution in [1.29, 1.82) is 0 Å². The summed E-state index contributed by atoms with van der Waals surface area (Å²) in [6.07, 6.45) is 3.74. The van der Waals surface area contributed by atoms with Crippen LogP contribution in [-0.4, -0.2) is 25.4 Å². The van der Waals surface area contributed by atoms with E-state index in [-0.39, 0.29) is 11.8 Å². The van der Waals surface area contributed by atoms with Crippen molar-refractivity contribution < 1.29 is 9.59 Å². The van der Waals surface area contributed by atoms with E-state index in [1.54, 1.807) is 20.0 Å². The lowest BCUT2D eigenvalue weighted by atomic mass is 10.3. The van der Waals surface area contributed by atoms with Crippen LogP contribution in [0.15, 0.2) is 12.2 Å². The van der Waals surface area contributed by atoms with Gasteiger partial charge in [0, 0.05) is 13.6 Å². The monoisotopic (exact) mass is 194 g/mol. The van der Waals surface area contributed by atoms with E-state index < -0.39 is 0 Å².